The first-order valence-corrected chi connectivity index (χ1v) is 6.51. The van der Waals surface area contributed by atoms with Crippen LogP contribution in [0.15, 0.2) is 12.1 Å². The topological polar surface area (TPSA) is 28.2 Å². The van der Waals surface area contributed by atoms with Crippen LogP contribution in [0.1, 0.15) is 44.9 Å². The lowest BCUT2D eigenvalue weighted by atomic mass is 10.1. The Morgan fingerprint density at radius 3 is 2.53 bits per heavy atom. The van der Waals surface area contributed by atoms with Gasteiger partial charge >= 0.3 is 0 Å². The molecule has 0 fully saturated rings. The molecule has 1 heterocycles. The number of nitrogens with one attached hydrogen (secondary N) is 1. The van der Waals surface area contributed by atoms with Gasteiger partial charge in [0.05, 0.1) is 0 Å². The zero-order valence-corrected chi connectivity index (χ0v) is 11.7. The molecule has 1 aromatic rings. The molecule has 0 unspecified atom stereocenters. The van der Waals surface area contributed by atoms with Crippen LogP contribution in [0.2, 0.25) is 0 Å². The lowest BCUT2D eigenvalue weighted by Crippen LogP contribution is -2.19. The monoisotopic (exact) mass is 235 g/mol. The average molecular weight is 235 g/mol. The summed E-state index contributed by atoms with van der Waals surface area (Å²) < 4.78 is 0. The fourth-order valence-electron chi connectivity index (χ4n) is 1.62. The SMILES string of the molecule is CCNCc1cc(C(C)C)nc(N(C)CC)c1. The number of hydrogen-bond acceptors (Lipinski definition) is 3. The van der Waals surface area contributed by atoms with Gasteiger partial charge in [-0.05, 0) is 37.1 Å². The van der Waals surface area contributed by atoms with Gasteiger partial charge in [0.25, 0.3) is 0 Å². The summed E-state index contributed by atoms with van der Waals surface area (Å²) >= 11 is 0. The van der Waals surface area contributed by atoms with Crippen LogP contribution < -0.4 is 10.2 Å². The molecule has 3 nitrogen and oxygen atoms in total. The van der Waals surface area contributed by atoms with Crippen LogP contribution in [0.3, 0.4) is 0 Å². The molecule has 0 aliphatic carbocycles. The summed E-state index contributed by atoms with van der Waals surface area (Å²) in [6.45, 7) is 11.6. The molecule has 1 N–H and O–H groups in total. The van der Waals surface area contributed by atoms with E-state index in [0.29, 0.717) is 5.92 Å². The maximum atomic E-state index is 4.71. The first-order chi connectivity index (χ1) is 8.08. The minimum absolute atomic E-state index is 0.473. The van der Waals surface area contributed by atoms with E-state index in [9.17, 15) is 0 Å². The highest BCUT2D eigenvalue weighted by atomic mass is 15.2. The molecule has 0 saturated heterocycles. The molecule has 0 amide bonds. The highest BCUT2D eigenvalue weighted by Gasteiger charge is 2.08. The van der Waals surface area contributed by atoms with Gasteiger partial charge in [0, 0.05) is 25.8 Å². The summed E-state index contributed by atoms with van der Waals surface area (Å²) in [6, 6.07) is 4.39. The fourth-order valence-corrected chi connectivity index (χ4v) is 1.62. The number of nitrogens with zero attached hydrogens (tertiary/aromatic N) is 2. The van der Waals surface area contributed by atoms with E-state index in [-0.39, 0.29) is 0 Å². The molecular formula is C14H25N3. The number of anilines is 1. The molecule has 1 aromatic heterocycles. The second-order valence-corrected chi connectivity index (χ2v) is 4.71. The fraction of sp³-hybridized carbons (Fsp3) is 0.643. The second-order valence-electron chi connectivity index (χ2n) is 4.71. The third-order valence-electron chi connectivity index (χ3n) is 2.93. The lowest BCUT2D eigenvalue weighted by molar-refractivity contribution is 0.719. The van der Waals surface area contributed by atoms with Gasteiger partial charge in [0.2, 0.25) is 0 Å². The molecule has 0 atom stereocenters. The van der Waals surface area contributed by atoms with Crippen molar-refractivity contribution in [1.82, 2.24) is 10.3 Å². The predicted molar refractivity (Wildman–Crippen MR) is 74.7 cm³/mol. The average Bonchev–Trinajstić information content (AvgIpc) is 2.34. The number of rotatable bonds is 6. The van der Waals surface area contributed by atoms with Crippen molar-refractivity contribution in [2.24, 2.45) is 0 Å². The molecule has 0 aliphatic heterocycles. The molecular weight excluding hydrogens is 210 g/mol. The van der Waals surface area contributed by atoms with Crippen molar-refractivity contribution in [3.8, 4) is 0 Å². The molecule has 0 bridgehead atoms. The van der Waals surface area contributed by atoms with Gasteiger partial charge in [-0.25, -0.2) is 4.98 Å². The summed E-state index contributed by atoms with van der Waals surface area (Å²) in [7, 11) is 2.09. The van der Waals surface area contributed by atoms with E-state index in [0.717, 1.165) is 25.5 Å². The Hall–Kier alpha value is -1.09. The molecule has 0 aliphatic rings. The molecule has 3 heteroatoms. The largest absolute Gasteiger partial charge is 0.360 e. The molecule has 0 aromatic carbocycles. The van der Waals surface area contributed by atoms with E-state index in [2.05, 4.69) is 57.1 Å². The Morgan fingerprint density at radius 1 is 1.29 bits per heavy atom. The van der Waals surface area contributed by atoms with E-state index < -0.39 is 0 Å². The Kier molecular flexibility index (Phi) is 5.42. The maximum absolute atomic E-state index is 4.71. The van der Waals surface area contributed by atoms with Crippen LogP contribution in [0.4, 0.5) is 5.82 Å². The normalized spacial score (nSPS) is 10.9. The van der Waals surface area contributed by atoms with E-state index in [4.69, 9.17) is 4.98 Å². The zero-order valence-electron chi connectivity index (χ0n) is 11.7. The Bertz CT molecular complexity index is 347. The van der Waals surface area contributed by atoms with Gasteiger partial charge in [0.15, 0.2) is 0 Å². The summed E-state index contributed by atoms with van der Waals surface area (Å²) in [5.74, 6) is 1.55. The highest BCUT2D eigenvalue weighted by Crippen LogP contribution is 2.19. The van der Waals surface area contributed by atoms with Gasteiger partial charge in [-0.2, -0.15) is 0 Å². The first kappa shape index (κ1) is 14.0. The van der Waals surface area contributed by atoms with E-state index in [1.54, 1.807) is 0 Å². The standard InChI is InChI=1S/C14H25N3/c1-6-15-10-12-8-13(11(3)4)16-14(9-12)17(5)7-2/h8-9,11,15H,6-7,10H2,1-5H3. The molecule has 0 saturated carbocycles. The van der Waals surface area contributed by atoms with Crippen LogP contribution >= 0.6 is 0 Å². The van der Waals surface area contributed by atoms with Gasteiger partial charge < -0.3 is 10.2 Å². The molecule has 0 radical (unpaired) electrons. The zero-order chi connectivity index (χ0) is 12.8. The lowest BCUT2D eigenvalue weighted by Gasteiger charge is -2.19. The smallest absolute Gasteiger partial charge is 0.128 e. The Morgan fingerprint density at radius 2 is 2.00 bits per heavy atom. The van der Waals surface area contributed by atoms with Crippen molar-refractivity contribution in [2.75, 3.05) is 25.0 Å². The van der Waals surface area contributed by atoms with Crippen molar-refractivity contribution in [3.05, 3.63) is 23.4 Å². The van der Waals surface area contributed by atoms with Gasteiger partial charge in [-0.3, -0.25) is 0 Å². The van der Waals surface area contributed by atoms with Crippen molar-refractivity contribution < 1.29 is 0 Å². The van der Waals surface area contributed by atoms with Gasteiger partial charge in [-0.15, -0.1) is 0 Å². The summed E-state index contributed by atoms with van der Waals surface area (Å²) in [5, 5.41) is 3.37. The quantitative estimate of drug-likeness (QED) is 0.822. The summed E-state index contributed by atoms with van der Waals surface area (Å²) in [5.41, 5.74) is 2.50. The minimum atomic E-state index is 0.473. The van der Waals surface area contributed by atoms with Crippen molar-refractivity contribution >= 4 is 5.82 Å². The predicted octanol–water partition coefficient (Wildman–Crippen LogP) is 2.77. The van der Waals surface area contributed by atoms with Crippen molar-refractivity contribution in [2.45, 2.75) is 40.2 Å². The van der Waals surface area contributed by atoms with E-state index in [1.165, 1.54) is 11.3 Å². The molecule has 1 rings (SSSR count). The first-order valence-electron chi connectivity index (χ1n) is 6.51. The van der Waals surface area contributed by atoms with E-state index in [1.807, 2.05) is 0 Å². The Balaban J connectivity index is 3.00. The number of hydrogen-bond donors (Lipinski definition) is 1. The highest BCUT2D eigenvalue weighted by molar-refractivity contribution is 5.42. The van der Waals surface area contributed by atoms with Crippen LogP contribution in [0, 0.1) is 0 Å². The number of aromatic nitrogens is 1. The number of pyridine rings is 1. The summed E-state index contributed by atoms with van der Waals surface area (Å²) in [4.78, 5) is 6.89. The molecule has 17 heavy (non-hydrogen) atoms. The van der Waals surface area contributed by atoms with Crippen LogP contribution in [-0.2, 0) is 6.54 Å². The molecule has 96 valence electrons. The third-order valence-corrected chi connectivity index (χ3v) is 2.93. The van der Waals surface area contributed by atoms with Gasteiger partial charge in [0.1, 0.15) is 5.82 Å². The van der Waals surface area contributed by atoms with Crippen LogP contribution in [-0.4, -0.2) is 25.1 Å². The van der Waals surface area contributed by atoms with Crippen molar-refractivity contribution in [3.63, 3.8) is 0 Å². The van der Waals surface area contributed by atoms with Crippen LogP contribution in [0.5, 0.6) is 0 Å². The second kappa shape index (κ2) is 6.60. The van der Waals surface area contributed by atoms with Gasteiger partial charge in [-0.1, -0.05) is 20.8 Å². The molecule has 0 spiro atoms. The van der Waals surface area contributed by atoms with E-state index >= 15 is 0 Å². The Labute approximate surface area is 105 Å². The van der Waals surface area contributed by atoms with Crippen LogP contribution in [0.25, 0.3) is 0 Å². The van der Waals surface area contributed by atoms with Crippen molar-refractivity contribution in [1.29, 1.82) is 0 Å². The third kappa shape index (κ3) is 4.00. The minimum Gasteiger partial charge on any atom is -0.360 e. The maximum Gasteiger partial charge on any atom is 0.128 e. The summed E-state index contributed by atoms with van der Waals surface area (Å²) in [6.07, 6.45) is 0.